The molecule has 5 rings (SSSR count). The van der Waals surface area contributed by atoms with E-state index in [0.717, 1.165) is 42.7 Å². The van der Waals surface area contributed by atoms with E-state index in [2.05, 4.69) is 10.6 Å². The number of fused-ring (bicyclic) bond motifs is 1. The lowest BCUT2D eigenvalue weighted by molar-refractivity contribution is -0.134. The number of rotatable bonds is 2. The number of hydrogen-bond acceptors (Lipinski definition) is 2. The molecule has 0 heterocycles. The molecule has 1 amide bonds. The van der Waals surface area contributed by atoms with E-state index in [9.17, 15) is 4.79 Å². The second kappa shape index (κ2) is 6.30. The van der Waals surface area contributed by atoms with Crippen LogP contribution in [0, 0.1) is 23.2 Å². The topological polar surface area (TPSA) is 41.1 Å². The van der Waals surface area contributed by atoms with Crippen LogP contribution in [0.3, 0.4) is 0 Å². The Labute approximate surface area is 153 Å². The molecule has 0 spiro atoms. The summed E-state index contributed by atoms with van der Waals surface area (Å²) in [6.45, 7) is 0. The maximum atomic E-state index is 13.1. The molecule has 5 heteroatoms. The minimum Gasteiger partial charge on any atom is -0.331 e. The lowest BCUT2D eigenvalue weighted by atomic mass is 9.61. The average molecular weight is 363 g/mol. The molecule has 4 aliphatic rings. The number of hydrogen-bond donors (Lipinski definition) is 2. The molecule has 3 nitrogen and oxygen atoms in total. The quantitative estimate of drug-likeness (QED) is 0.745. The van der Waals surface area contributed by atoms with Crippen LogP contribution in [-0.4, -0.2) is 11.0 Å². The Morgan fingerprint density at radius 3 is 2.50 bits per heavy atom. The number of anilines is 1. The molecule has 0 aromatic heterocycles. The van der Waals surface area contributed by atoms with Gasteiger partial charge in [0.1, 0.15) is 0 Å². The lowest BCUT2D eigenvalue weighted by Crippen LogP contribution is -2.48. The van der Waals surface area contributed by atoms with Crippen molar-refractivity contribution < 1.29 is 4.79 Å². The van der Waals surface area contributed by atoms with Crippen molar-refractivity contribution in [2.75, 3.05) is 5.32 Å². The van der Waals surface area contributed by atoms with Crippen LogP contribution in [-0.2, 0) is 4.79 Å². The first-order chi connectivity index (χ1) is 11.5. The molecule has 2 unspecified atom stereocenters. The van der Waals surface area contributed by atoms with Gasteiger partial charge in [0.05, 0.1) is 16.1 Å². The van der Waals surface area contributed by atoms with Crippen molar-refractivity contribution in [3.05, 3.63) is 29.3 Å². The number of benzene rings is 1. The minimum absolute atomic E-state index is 0.115. The predicted molar refractivity (Wildman–Crippen MR) is 101 cm³/mol. The summed E-state index contributed by atoms with van der Waals surface area (Å²) < 4.78 is 0. The van der Waals surface area contributed by atoms with Gasteiger partial charge in [0.25, 0.3) is 0 Å². The number of thiocarbonyl (C=S) groups is 1. The predicted octanol–water partition coefficient (Wildman–Crippen LogP) is 4.76. The van der Waals surface area contributed by atoms with Gasteiger partial charge in [0, 0.05) is 0 Å². The summed E-state index contributed by atoms with van der Waals surface area (Å²) in [5.41, 5.74) is 0.525. The molecule has 128 valence electrons. The van der Waals surface area contributed by atoms with E-state index in [1.165, 1.54) is 25.7 Å². The third-order valence-corrected chi connectivity index (χ3v) is 6.75. The zero-order chi connectivity index (χ0) is 16.7. The standard InChI is InChI=1S/C19H23ClN2OS/c20-15-3-1-2-4-16(15)21-18(24)22-17(23)19-6-5-12-7-13(10-19)9-14(8-12)11-19/h1-4,12-14H,5-11H2,(H2,21,22,23,24)/t12?,13-,14+,19?. The van der Waals surface area contributed by atoms with Crippen molar-refractivity contribution in [3.63, 3.8) is 0 Å². The smallest absolute Gasteiger partial charge is 0.232 e. The average Bonchev–Trinajstić information content (AvgIpc) is 2.74. The van der Waals surface area contributed by atoms with Crippen molar-refractivity contribution >= 4 is 40.5 Å². The molecule has 1 aromatic carbocycles. The molecule has 1 aromatic rings. The molecular formula is C19H23ClN2OS. The number of amides is 1. The zero-order valence-electron chi connectivity index (χ0n) is 13.7. The number of nitrogens with one attached hydrogen (secondary N) is 2. The Bertz CT molecular complexity index is 663. The molecule has 4 aliphatic carbocycles. The third-order valence-electron chi connectivity index (χ3n) is 6.22. The SMILES string of the molecule is O=C(NC(=S)Nc1ccccc1Cl)C12CCC3C[C@H](C[C@H](C3)C1)C2. The monoisotopic (exact) mass is 362 g/mol. The van der Waals surface area contributed by atoms with E-state index in [1.54, 1.807) is 6.07 Å². The third kappa shape index (κ3) is 3.06. The van der Waals surface area contributed by atoms with Crippen LogP contribution >= 0.6 is 23.8 Å². The molecule has 4 bridgehead atoms. The Balaban J connectivity index is 1.46. The van der Waals surface area contributed by atoms with Crippen LogP contribution in [0.25, 0.3) is 0 Å². The highest BCUT2D eigenvalue weighted by atomic mass is 35.5. The molecule has 2 N–H and O–H groups in total. The van der Waals surface area contributed by atoms with Crippen LogP contribution in [0.1, 0.15) is 44.9 Å². The van der Waals surface area contributed by atoms with Crippen molar-refractivity contribution in [2.24, 2.45) is 23.2 Å². The van der Waals surface area contributed by atoms with E-state index in [4.69, 9.17) is 23.8 Å². The number of halogens is 1. The maximum absolute atomic E-state index is 13.1. The molecule has 4 atom stereocenters. The Morgan fingerprint density at radius 1 is 1.12 bits per heavy atom. The molecule has 0 radical (unpaired) electrons. The van der Waals surface area contributed by atoms with Gasteiger partial charge in [-0.15, -0.1) is 0 Å². The second-order valence-corrected chi connectivity index (χ2v) is 8.74. The summed E-state index contributed by atoms with van der Waals surface area (Å²) in [4.78, 5) is 13.1. The highest BCUT2D eigenvalue weighted by Gasteiger charge is 2.51. The van der Waals surface area contributed by atoms with Crippen molar-refractivity contribution in [3.8, 4) is 0 Å². The summed E-state index contributed by atoms with van der Waals surface area (Å²) in [7, 11) is 0. The fraction of sp³-hybridized carbons (Fsp3) is 0.579. The molecule has 0 saturated heterocycles. The Kier molecular flexibility index (Phi) is 4.29. The van der Waals surface area contributed by atoms with Gasteiger partial charge in [-0.3, -0.25) is 4.79 Å². The highest BCUT2D eigenvalue weighted by Crippen LogP contribution is 2.57. The fourth-order valence-corrected chi connectivity index (χ4v) is 5.78. The van der Waals surface area contributed by atoms with Crippen molar-refractivity contribution in [1.29, 1.82) is 0 Å². The molecule has 4 saturated carbocycles. The normalized spacial score (nSPS) is 33.8. The molecule has 4 fully saturated rings. The largest absolute Gasteiger partial charge is 0.331 e. The molecule has 24 heavy (non-hydrogen) atoms. The van der Waals surface area contributed by atoms with Gasteiger partial charge in [-0.05, 0) is 87.1 Å². The first-order valence-corrected chi connectivity index (χ1v) is 9.70. The second-order valence-electron chi connectivity index (χ2n) is 7.92. The van der Waals surface area contributed by atoms with Crippen molar-refractivity contribution in [2.45, 2.75) is 44.9 Å². The van der Waals surface area contributed by atoms with E-state index in [0.29, 0.717) is 10.1 Å². The van der Waals surface area contributed by atoms with Crippen LogP contribution in [0.2, 0.25) is 5.02 Å². The number of carbonyl (C=O) groups is 1. The molecular weight excluding hydrogens is 340 g/mol. The van der Waals surface area contributed by atoms with E-state index in [-0.39, 0.29) is 11.3 Å². The van der Waals surface area contributed by atoms with Crippen molar-refractivity contribution in [1.82, 2.24) is 5.32 Å². The molecule has 0 aliphatic heterocycles. The summed E-state index contributed by atoms with van der Waals surface area (Å²) >= 11 is 11.5. The van der Waals surface area contributed by atoms with Gasteiger partial charge in [-0.1, -0.05) is 23.7 Å². The minimum atomic E-state index is -0.203. The highest BCUT2D eigenvalue weighted by molar-refractivity contribution is 7.80. The van der Waals surface area contributed by atoms with Gasteiger partial charge >= 0.3 is 0 Å². The van der Waals surface area contributed by atoms with Gasteiger partial charge in [0.2, 0.25) is 5.91 Å². The van der Waals surface area contributed by atoms with Gasteiger partial charge in [0.15, 0.2) is 5.11 Å². The van der Waals surface area contributed by atoms with Gasteiger partial charge < -0.3 is 10.6 Å². The summed E-state index contributed by atoms with van der Waals surface area (Å²) in [6.07, 6.45) is 8.28. The van der Waals surface area contributed by atoms with E-state index < -0.39 is 0 Å². The first-order valence-electron chi connectivity index (χ1n) is 8.91. The Hall–Kier alpha value is -1.13. The Morgan fingerprint density at radius 2 is 1.79 bits per heavy atom. The van der Waals surface area contributed by atoms with E-state index in [1.807, 2.05) is 18.2 Å². The summed E-state index contributed by atoms with van der Waals surface area (Å²) in [5.74, 6) is 2.44. The maximum Gasteiger partial charge on any atom is 0.232 e. The van der Waals surface area contributed by atoms with Crippen LogP contribution in [0.5, 0.6) is 0 Å². The fourth-order valence-electron chi connectivity index (χ4n) is 5.40. The van der Waals surface area contributed by atoms with Crippen LogP contribution < -0.4 is 10.6 Å². The zero-order valence-corrected chi connectivity index (χ0v) is 15.3. The van der Waals surface area contributed by atoms with E-state index >= 15 is 0 Å². The lowest BCUT2D eigenvalue weighted by Gasteiger charge is -2.44. The number of carbonyl (C=O) groups excluding carboxylic acids is 1. The van der Waals surface area contributed by atoms with Crippen LogP contribution in [0.4, 0.5) is 5.69 Å². The number of para-hydroxylation sites is 1. The van der Waals surface area contributed by atoms with Gasteiger partial charge in [-0.25, -0.2) is 0 Å². The van der Waals surface area contributed by atoms with Gasteiger partial charge in [-0.2, -0.15) is 0 Å². The van der Waals surface area contributed by atoms with Crippen LogP contribution in [0.15, 0.2) is 24.3 Å². The summed E-state index contributed by atoms with van der Waals surface area (Å²) in [6, 6.07) is 7.42. The summed E-state index contributed by atoms with van der Waals surface area (Å²) in [5, 5.41) is 6.96. The first kappa shape index (κ1) is 16.3.